The van der Waals surface area contributed by atoms with Crippen molar-refractivity contribution in [1.82, 2.24) is 0 Å². The molecule has 41 heavy (non-hydrogen) atoms. The van der Waals surface area contributed by atoms with Gasteiger partial charge in [-0.2, -0.15) is 13.2 Å². The highest BCUT2D eigenvalue weighted by molar-refractivity contribution is 8.27. The highest BCUT2D eigenvalue weighted by Crippen LogP contribution is 2.39. The Kier molecular flexibility index (Phi) is 9.34. The number of thioether (sulfide) groups is 1. The number of amides is 1. The summed E-state index contributed by atoms with van der Waals surface area (Å²) in [4.78, 5) is 14.5. The number of alkyl halides is 3. The van der Waals surface area contributed by atoms with Crippen LogP contribution in [0.25, 0.3) is 6.08 Å². The van der Waals surface area contributed by atoms with Crippen LogP contribution in [0.3, 0.4) is 0 Å². The minimum absolute atomic E-state index is 0.0665. The summed E-state index contributed by atoms with van der Waals surface area (Å²) in [6, 6.07) is 17.8. The van der Waals surface area contributed by atoms with E-state index in [1.807, 2.05) is 19.1 Å². The van der Waals surface area contributed by atoms with E-state index in [2.05, 4.69) is 32.9 Å². The van der Waals surface area contributed by atoms with Crippen LogP contribution in [-0.2, 0) is 16.4 Å². The standard InChI is InChI=1S/C31H30F3NO4S2/c1-5-37-26-17-20(9-14-25(26)39-16-15-38-24-12-10-21(11-13-24)30(2,3)4)18-27-28(36)35(29(40)41-27)23-8-6-7-22(19-23)31(32,33)34/h6-14,17-19H,5,15-16H2,1-4H3/b27-18+. The number of hydrogen-bond acceptors (Lipinski definition) is 6. The van der Waals surface area contributed by atoms with E-state index in [4.69, 9.17) is 26.4 Å². The van der Waals surface area contributed by atoms with Gasteiger partial charge in [0.25, 0.3) is 5.91 Å². The van der Waals surface area contributed by atoms with Gasteiger partial charge in [-0.25, -0.2) is 0 Å². The minimum Gasteiger partial charge on any atom is -0.490 e. The molecule has 0 unspecified atom stereocenters. The number of halogens is 3. The lowest BCUT2D eigenvalue weighted by molar-refractivity contribution is -0.137. The minimum atomic E-state index is -4.53. The summed E-state index contributed by atoms with van der Waals surface area (Å²) in [6.07, 6.45) is -2.90. The third-order valence-electron chi connectivity index (χ3n) is 6.12. The van der Waals surface area contributed by atoms with Gasteiger partial charge in [-0.3, -0.25) is 9.69 Å². The molecule has 1 fully saturated rings. The van der Waals surface area contributed by atoms with Gasteiger partial charge in [0.05, 0.1) is 22.8 Å². The molecule has 0 saturated carbocycles. The molecular weight excluding hydrogens is 571 g/mol. The van der Waals surface area contributed by atoms with E-state index in [9.17, 15) is 18.0 Å². The summed E-state index contributed by atoms with van der Waals surface area (Å²) in [5.74, 6) is 1.27. The average molecular weight is 602 g/mol. The third kappa shape index (κ3) is 7.62. The molecule has 1 heterocycles. The van der Waals surface area contributed by atoms with Crippen LogP contribution in [0.2, 0.25) is 0 Å². The molecule has 0 atom stereocenters. The summed E-state index contributed by atoms with van der Waals surface area (Å²) >= 11 is 6.35. The molecular formula is C31H30F3NO4S2. The van der Waals surface area contributed by atoms with Crippen molar-refractivity contribution in [2.75, 3.05) is 24.7 Å². The van der Waals surface area contributed by atoms with Gasteiger partial charge < -0.3 is 14.2 Å². The predicted octanol–water partition coefficient (Wildman–Crippen LogP) is 8.27. The Morgan fingerprint density at radius 3 is 2.24 bits per heavy atom. The lowest BCUT2D eigenvalue weighted by atomic mass is 9.87. The molecule has 1 amide bonds. The zero-order valence-corrected chi connectivity index (χ0v) is 24.7. The van der Waals surface area contributed by atoms with Crippen LogP contribution in [0, 0.1) is 0 Å². The molecule has 0 N–H and O–H groups in total. The van der Waals surface area contributed by atoms with Gasteiger partial charge in [-0.1, -0.05) is 69.0 Å². The SMILES string of the molecule is CCOc1cc(/C=C2/SC(=S)N(c3cccc(C(F)(F)F)c3)C2=O)ccc1OCCOc1ccc(C(C)(C)C)cc1. The van der Waals surface area contributed by atoms with Crippen LogP contribution in [0.4, 0.5) is 18.9 Å². The molecule has 0 radical (unpaired) electrons. The van der Waals surface area contributed by atoms with Crippen molar-refractivity contribution >= 4 is 46.0 Å². The molecule has 1 saturated heterocycles. The van der Waals surface area contributed by atoms with Gasteiger partial charge in [0.15, 0.2) is 15.8 Å². The molecule has 4 rings (SSSR count). The van der Waals surface area contributed by atoms with Crippen molar-refractivity contribution in [3.63, 3.8) is 0 Å². The van der Waals surface area contributed by atoms with Crippen molar-refractivity contribution < 1.29 is 32.2 Å². The van der Waals surface area contributed by atoms with E-state index >= 15 is 0 Å². The molecule has 0 bridgehead atoms. The zero-order valence-electron chi connectivity index (χ0n) is 23.1. The van der Waals surface area contributed by atoms with Gasteiger partial charge >= 0.3 is 6.18 Å². The summed E-state index contributed by atoms with van der Waals surface area (Å²) in [5.41, 5.74) is 1.16. The Balaban J connectivity index is 1.43. The molecule has 1 aliphatic rings. The molecule has 3 aromatic carbocycles. The topological polar surface area (TPSA) is 48.0 Å². The number of ether oxygens (including phenoxy) is 3. The average Bonchev–Trinajstić information content (AvgIpc) is 3.19. The Morgan fingerprint density at radius 2 is 1.59 bits per heavy atom. The van der Waals surface area contributed by atoms with Gasteiger partial charge in [0.2, 0.25) is 0 Å². The second kappa shape index (κ2) is 12.6. The normalized spacial score (nSPS) is 15.0. The third-order valence-corrected chi connectivity index (χ3v) is 7.42. The van der Waals surface area contributed by atoms with Crippen molar-refractivity contribution in [2.24, 2.45) is 0 Å². The molecule has 1 aliphatic heterocycles. The fourth-order valence-electron chi connectivity index (χ4n) is 4.03. The van der Waals surface area contributed by atoms with Gasteiger partial charge in [0, 0.05) is 0 Å². The molecule has 5 nitrogen and oxygen atoms in total. The quantitative estimate of drug-likeness (QED) is 0.140. The number of anilines is 1. The number of carbonyl (C=O) groups is 1. The maximum atomic E-state index is 13.2. The van der Waals surface area contributed by atoms with Crippen molar-refractivity contribution in [3.8, 4) is 17.2 Å². The molecule has 216 valence electrons. The lowest BCUT2D eigenvalue weighted by Gasteiger charge is -2.19. The Bertz CT molecular complexity index is 1450. The first-order valence-electron chi connectivity index (χ1n) is 12.9. The fraction of sp³-hybridized carbons (Fsp3) is 0.290. The van der Waals surface area contributed by atoms with E-state index in [0.717, 1.165) is 34.5 Å². The van der Waals surface area contributed by atoms with E-state index < -0.39 is 17.6 Å². The van der Waals surface area contributed by atoms with Gasteiger partial charge in [-0.05, 0) is 72.0 Å². The van der Waals surface area contributed by atoms with Crippen molar-refractivity contribution in [2.45, 2.75) is 39.3 Å². The maximum absolute atomic E-state index is 13.2. The Labute approximate surface area is 247 Å². The van der Waals surface area contributed by atoms with Crippen LogP contribution in [0.1, 0.15) is 44.4 Å². The molecule has 3 aromatic rings. The number of nitrogens with zero attached hydrogens (tertiary/aromatic N) is 1. The number of benzene rings is 3. The molecule has 0 aromatic heterocycles. The second-order valence-corrected chi connectivity index (χ2v) is 11.9. The van der Waals surface area contributed by atoms with E-state index in [1.54, 1.807) is 24.3 Å². The zero-order chi connectivity index (χ0) is 29.8. The van der Waals surface area contributed by atoms with E-state index in [1.165, 1.54) is 17.7 Å². The van der Waals surface area contributed by atoms with Crippen LogP contribution in [-0.4, -0.2) is 30.0 Å². The number of rotatable bonds is 9. The highest BCUT2D eigenvalue weighted by atomic mass is 32.2. The van der Waals surface area contributed by atoms with Crippen LogP contribution in [0.15, 0.2) is 71.6 Å². The second-order valence-electron chi connectivity index (χ2n) is 10.2. The smallest absolute Gasteiger partial charge is 0.416 e. The first-order valence-corrected chi connectivity index (χ1v) is 14.2. The van der Waals surface area contributed by atoms with Gasteiger partial charge in [0.1, 0.15) is 19.0 Å². The summed E-state index contributed by atoms with van der Waals surface area (Å²) < 4.78 is 57.2. The van der Waals surface area contributed by atoms with Crippen molar-refractivity contribution in [3.05, 3.63) is 88.3 Å². The first-order chi connectivity index (χ1) is 19.4. The summed E-state index contributed by atoms with van der Waals surface area (Å²) in [7, 11) is 0. The van der Waals surface area contributed by atoms with Crippen LogP contribution < -0.4 is 19.1 Å². The number of hydrogen-bond donors (Lipinski definition) is 0. The maximum Gasteiger partial charge on any atom is 0.416 e. The molecule has 0 aliphatic carbocycles. The summed E-state index contributed by atoms with van der Waals surface area (Å²) in [6.45, 7) is 9.33. The van der Waals surface area contributed by atoms with Crippen LogP contribution >= 0.6 is 24.0 Å². The van der Waals surface area contributed by atoms with Crippen LogP contribution in [0.5, 0.6) is 17.2 Å². The number of thiocarbonyl (C=S) groups is 1. The monoisotopic (exact) mass is 601 g/mol. The van der Waals surface area contributed by atoms with Crippen molar-refractivity contribution in [1.29, 1.82) is 0 Å². The fourth-order valence-corrected chi connectivity index (χ4v) is 5.33. The lowest BCUT2D eigenvalue weighted by Crippen LogP contribution is -2.27. The highest BCUT2D eigenvalue weighted by Gasteiger charge is 2.36. The Morgan fingerprint density at radius 1 is 0.878 bits per heavy atom. The Hall–Kier alpha value is -3.50. The number of carbonyl (C=O) groups excluding carboxylic acids is 1. The molecule has 10 heteroatoms. The van der Waals surface area contributed by atoms with E-state index in [0.29, 0.717) is 30.3 Å². The van der Waals surface area contributed by atoms with E-state index in [-0.39, 0.29) is 26.9 Å². The molecule has 0 spiro atoms. The summed E-state index contributed by atoms with van der Waals surface area (Å²) in [5, 5.41) is 0. The first kappa shape index (κ1) is 30.5. The largest absolute Gasteiger partial charge is 0.490 e. The van der Waals surface area contributed by atoms with Gasteiger partial charge in [-0.15, -0.1) is 0 Å². The predicted molar refractivity (Wildman–Crippen MR) is 161 cm³/mol.